The Kier molecular flexibility index (Phi) is 7.92. The average Bonchev–Trinajstić information content (AvgIpc) is 3.26. The highest BCUT2D eigenvalue weighted by atomic mass is 35.5. The minimum Gasteiger partial charge on any atom is -0.467 e. The Labute approximate surface area is 198 Å². The predicted molar refractivity (Wildman–Crippen MR) is 121 cm³/mol. The van der Waals surface area contributed by atoms with Gasteiger partial charge in [-0.25, -0.2) is 10.4 Å². The summed E-state index contributed by atoms with van der Waals surface area (Å²) in [6.07, 6.45) is 1.25. The Morgan fingerprint density at radius 1 is 1.38 bits per heavy atom. The largest absolute Gasteiger partial charge is 0.467 e. The fraction of sp³-hybridized carbons (Fsp3) is 0.182. The molecule has 0 radical (unpaired) electrons. The van der Waals surface area contributed by atoms with Gasteiger partial charge in [-0.1, -0.05) is 11.6 Å². The number of rotatable bonds is 9. The molecule has 0 aliphatic rings. The number of methoxy groups -OCH3 is 1. The summed E-state index contributed by atoms with van der Waals surface area (Å²) in [6.45, 7) is 1.50. The third-order valence-corrected chi connectivity index (χ3v) is 4.71. The summed E-state index contributed by atoms with van der Waals surface area (Å²) in [5.74, 6) is 0.00442. The number of nitrogens with zero attached hydrogens (tertiary/aromatic N) is 4. The van der Waals surface area contributed by atoms with Crippen molar-refractivity contribution in [3.05, 3.63) is 74.1 Å². The number of carbonyl (C=O) groups excluding carboxylic acids is 1. The first kappa shape index (κ1) is 24.4. The van der Waals surface area contributed by atoms with E-state index in [2.05, 4.69) is 15.5 Å². The lowest BCUT2D eigenvalue weighted by molar-refractivity contribution is -0.384. The van der Waals surface area contributed by atoms with Gasteiger partial charge >= 0.3 is 0 Å². The number of non-ortho nitro benzene ring substituents is 1. The molecule has 34 heavy (non-hydrogen) atoms. The number of nitrogens with one attached hydrogen (secondary N) is 1. The highest BCUT2D eigenvalue weighted by molar-refractivity contribution is 6.33. The zero-order chi connectivity index (χ0) is 24.7. The van der Waals surface area contributed by atoms with Crippen molar-refractivity contribution in [2.75, 3.05) is 13.7 Å². The number of aryl methyl sites for hydroxylation is 1. The molecule has 0 bridgehead atoms. The number of nitriles is 1. The number of hydrazone groups is 1. The zero-order valence-corrected chi connectivity index (χ0v) is 18.8. The summed E-state index contributed by atoms with van der Waals surface area (Å²) < 4.78 is 16.1. The Morgan fingerprint density at radius 3 is 2.88 bits per heavy atom. The maximum atomic E-state index is 12.1. The van der Waals surface area contributed by atoms with Crippen molar-refractivity contribution < 1.29 is 23.6 Å². The van der Waals surface area contributed by atoms with Crippen LogP contribution in [0.3, 0.4) is 0 Å². The molecule has 1 aromatic carbocycles. The van der Waals surface area contributed by atoms with E-state index >= 15 is 0 Å². The van der Waals surface area contributed by atoms with Gasteiger partial charge in [0, 0.05) is 36.1 Å². The standard InChI is InChI=1S/C22H18ClN5O6/c1-13-7-14(11-32-2)18(9-24)22(26-13)33-12-21(29)27-25-10-16-4-6-20(34-16)17-8-15(28(30)31)3-5-19(17)23/h3-8,10H,11-12H2,1-2H3,(H,27,29). The smallest absolute Gasteiger partial charge is 0.278 e. The van der Waals surface area contributed by atoms with Crippen LogP contribution in [-0.4, -0.2) is 35.7 Å². The Bertz CT molecular complexity index is 1300. The average molecular weight is 484 g/mol. The molecular weight excluding hydrogens is 466 g/mol. The van der Waals surface area contributed by atoms with Crippen molar-refractivity contribution >= 4 is 29.4 Å². The van der Waals surface area contributed by atoms with E-state index in [1.165, 1.54) is 31.5 Å². The van der Waals surface area contributed by atoms with Crippen molar-refractivity contribution in [2.24, 2.45) is 5.10 Å². The zero-order valence-electron chi connectivity index (χ0n) is 18.1. The quantitative estimate of drug-likeness (QED) is 0.274. The Balaban J connectivity index is 1.62. The van der Waals surface area contributed by atoms with E-state index in [4.69, 9.17) is 25.5 Å². The van der Waals surface area contributed by atoms with Crippen LogP contribution in [0.15, 0.2) is 45.9 Å². The molecule has 3 aromatic rings. The van der Waals surface area contributed by atoms with Crippen LogP contribution in [-0.2, 0) is 16.1 Å². The number of hydrogen-bond acceptors (Lipinski definition) is 9. The molecule has 174 valence electrons. The van der Waals surface area contributed by atoms with Crippen LogP contribution >= 0.6 is 11.6 Å². The van der Waals surface area contributed by atoms with Gasteiger partial charge in [0.25, 0.3) is 11.6 Å². The minimum atomic E-state index is -0.592. The number of furan rings is 1. The van der Waals surface area contributed by atoms with Crippen LogP contribution in [0.5, 0.6) is 5.88 Å². The van der Waals surface area contributed by atoms with E-state index in [9.17, 15) is 20.2 Å². The number of nitro benzene ring substituents is 1. The van der Waals surface area contributed by atoms with Gasteiger partial charge in [0.15, 0.2) is 6.61 Å². The molecule has 12 heteroatoms. The Hall–Kier alpha value is -4.27. The first-order valence-corrected chi connectivity index (χ1v) is 10.1. The number of amides is 1. The van der Waals surface area contributed by atoms with Gasteiger partial charge in [-0.2, -0.15) is 10.4 Å². The van der Waals surface area contributed by atoms with Crippen molar-refractivity contribution in [1.82, 2.24) is 10.4 Å². The van der Waals surface area contributed by atoms with E-state index in [1.54, 1.807) is 25.1 Å². The molecule has 0 saturated heterocycles. The van der Waals surface area contributed by atoms with Gasteiger partial charge in [0.2, 0.25) is 5.88 Å². The normalized spacial score (nSPS) is 10.8. The second-order valence-corrected chi connectivity index (χ2v) is 7.26. The van der Waals surface area contributed by atoms with Crippen LogP contribution in [0.1, 0.15) is 22.6 Å². The molecule has 11 nitrogen and oxygen atoms in total. The third kappa shape index (κ3) is 5.94. The van der Waals surface area contributed by atoms with Crippen LogP contribution in [0.2, 0.25) is 5.02 Å². The Morgan fingerprint density at radius 2 is 2.18 bits per heavy atom. The number of halogens is 1. The lowest BCUT2D eigenvalue weighted by Crippen LogP contribution is -2.25. The topological polar surface area (TPSA) is 153 Å². The van der Waals surface area contributed by atoms with Crippen molar-refractivity contribution in [3.8, 4) is 23.3 Å². The first-order chi connectivity index (χ1) is 16.3. The van der Waals surface area contributed by atoms with Crippen LogP contribution in [0, 0.1) is 28.4 Å². The molecule has 2 aromatic heterocycles. The molecule has 1 amide bonds. The minimum absolute atomic E-state index is 0.0261. The second kappa shape index (κ2) is 11.0. The number of benzene rings is 1. The van der Waals surface area contributed by atoms with Gasteiger partial charge in [0.1, 0.15) is 23.2 Å². The van der Waals surface area contributed by atoms with E-state index in [0.717, 1.165) is 0 Å². The maximum absolute atomic E-state index is 12.1. The molecular formula is C22H18ClN5O6. The van der Waals surface area contributed by atoms with E-state index in [-0.39, 0.29) is 34.5 Å². The number of carbonyl (C=O) groups is 1. The molecule has 0 aliphatic carbocycles. The fourth-order valence-corrected chi connectivity index (χ4v) is 3.13. The molecule has 0 aliphatic heterocycles. The maximum Gasteiger partial charge on any atom is 0.278 e. The second-order valence-electron chi connectivity index (χ2n) is 6.85. The lowest BCUT2D eigenvalue weighted by atomic mass is 10.1. The molecule has 3 rings (SSSR count). The summed E-state index contributed by atoms with van der Waals surface area (Å²) in [6, 6.07) is 10.8. The lowest BCUT2D eigenvalue weighted by Gasteiger charge is -2.10. The third-order valence-electron chi connectivity index (χ3n) is 4.38. The van der Waals surface area contributed by atoms with Gasteiger partial charge < -0.3 is 13.9 Å². The summed E-state index contributed by atoms with van der Waals surface area (Å²) in [7, 11) is 1.50. The summed E-state index contributed by atoms with van der Waals surface area (Å²) in [5.41, 5.74) is 3.89. The van der Waals surface area contributed by atoms with Gasteiger partial charge in [-0.3, -0.25) is 14.9 Å². The molecule has 1 N–H and O–H groups in total. The summed E-state index contributed by atoms with van der Waals surface area (Å²) in [5, 5.41) is 24.4. The number of pyridine rings is 1. The SMILES string of the molecule is COCc1cc(C)nc(OCC(=O)NN=Cc2ccc(-c3cc([N+](=O)[O-])ccc3Cl)o2)c1C#N. The summed E-state index contributed by atoms with van der Waals surface area (Å²) in [4.78, 5) is 26.7. The molecule has 0 atom stereocenters. The van der Waals surface area contributed by atoms with Crippen LogP contribution < -0.4 is 10.2 Å². The molecule has 0 unspecified atom stereocenters. The molecule has 0 saturated carbocycles. The van der Waals surface area contributed by atoms with Crippen molar-refractivity contribution in [2.45, 2.75) is 13.5 Å². The van der Waals surface area contributed by atoms with E-state index in [1.807, 2.05) is 6.07 Å². The number of hydrogen-bond donors (Lipinski definition) is 1. The molecule has 0 spiro atoms. The van der Waals surface area contributed by atoms with Crippen LogP contribution in [0.25, 0.3) is 11.3 Å². The molecule has 0 fully saturated rings. The van der Waals surface area contributed by atoms with Crippen LogP contribution in [0.4, 0.5) is 5.69 Å². The number of nitro groups is 1. The molecule has 2 heterocycles. The first-order valence-electron chi connectivity index (χ1n) is 9.70. The van der Waals surface area contributed by atoms with Gasteiger partial charge in [-0.15, -0.1) is 0 Å². The van der Waals surface area contributed by atoms with E-state index < -0.39 is 17.4 Å². The fourth-order valence-electron chi connectivity index (χ4n) is 2.92. The van der Waals surface area contributed by atoms with Crippen molar-refractivity contribution in [3.63, 3.8) is 0 Å². The van der Waals surface area contributed by atoms with Gasteiger partial charge in [0.05, 0.1) is 22.8 Å². The van der Waals surface area contributed by atoms with Gasteiger partial charge in [-0.05, 0) is 31.2 Å². The monoisotopic (exact) mass is 483 g/mol. The highest BCUT2D eigenvalue weighted by Crippen LogP contribution is 2.32. The number of aromatic nitrogens is 1. The van der Waals surface area contributed by atoms with Crippen molar-refractivity contribution in [1.29, 1.82) is 5.26 Å². The number of ether oxygens (including phenoxy) is 2. The summed E-state index contributed by atoms with van der Waals surface area (Å²) >= 11 is 6.12. The predicted octanol–water partition coefficient (Wildman–Crippen LogP) is 3.76. The highest BCUT2D eigenvalue weighted by Gasteiger charge is 2.15. The van der Waals surface area contributed by atoms with E-state index in [0.29, 0.717) is 22.6 Å².